The van der Waals surface area contributed by atoms with E-state index in [1.165, 1.54) is 0 Å². The van der Waals surface area contributed by atoms with Gasteiger partial charge in [0.1, 0.15) is 0 Å². The normalized spacial score (nSPS) is 16.8. The number of aromatic nitrogens is 2. The number of carbonyl (C=O) groups is 1. The topological polar surface area (TPSA) is 59.3 Å². The van der Waals surface area contributed by atoms with E-state index in [-0.39, 0.29) is 17.8 Å². The first kappa shape index (κ1) is 18.3. The van der Waals surface area contributed by atoms with Gasteiger partial charge in [-0.2, -0.15) is 0 Å². The van der Waals surface area contributed by atoms with E-state index in [2.05, 4.69) is 25.2 Å². The van der Waals surface area contributed by atoms with Crippen molar-refractivity contribution in [2.24, 2.45) is 5.92 Å². The Kier molecular flexibility index (Phi) is 4.94. The fraction of sp³-hybridized carbons (Fsp3) is 0.500. The number of hydrogen-bond acceptors (Lipinski definition) is 2. The van der Waals surface area contributed by atoms with Gasteiger partial charge in [0.2, 0.25) is 0 Å². The molecule has 1 atom stereocenters. The largest absolute Gasteiger partial charge is 0.329 e. The van der Waals surface area contributed by atoms with Gasteiger partial charge >= 0.3 is 11.7 Å². The third kappa shape index (κ3) is 2.93. The van der Waals surface area contributed by atoms with E-state index in [0.717, 1.165) is 22.3 Å². The van der Waals surface area contributed by atoms with Gasteiger partial charge in [0, 0.05) is 25.3 Å². The van der Waals surface area contributed by atoms with Crippen LogP contribution in [0.3, 0.4) is 0 Å². The average molecular weight is 356 g/mol. The van der Waals surface area contributed by atoms with Crippen molar-refractivity contribution in [3.05, 3.63) is 40.3 Å². The minimum Gasteiger partial charge on any atom is -0.314 e. The maximum Gasteiger partial charge on any atom is 0.329 e. The number of aryl methyl sites for hydroxylation is 3. The van der Waals surface area contributed by atoms with Crippen molar-refractivity contribution in [3.63, 3.8) is 0 Å². The molecule has 1 N–H and O–H groups in total. The van der Waals surface area contributed by atoms with Crippen molar-refractivity contribution in [2.45, 2.75) is 53.8 Å². The van der Waals surface area contributed by atoms with Gasteiger partial charge in [-0.15, -0.1) is 0 Å². The Morgan fingerprint density at radius 2 is 1.81 bits per heavy atom. The number of imidazole rings is 1. The molecule has 26 heavy (non-hydrogen) atoms. The number of fused-ring (bicyclic) bond motifs is 1. The summed E-state index contributed by atoms with van der Waals surface area (Å²) in [4.78, 5) is 27.2. The molecule has 0 fully saturated rings. The molecular formula is C20H28N4O2. The summed E-state index contributed by atoms with van der Waals surface area (Å²) in [6.45, 7) is 12.0. The Balaban J connectivity index is 1.97. The first-order chi connectivity index (χ1) is 12.4. The molecule has 0 bridgehead atoms. The molecule has 1 aliphatic heterocycles. The number of anilines is 1. The van der Waals surface area contributed by atoms with Crippen LogP contribution in [-0.2, 0) is 13.1 Å². The minimum absolute atomic E-state index is 0.00325. The summed E-state index contributed by atoms with van der Waals surface area (Å²) in [5.41, 5.74) is 3.48. The molecule has 0 saturated carbocycles. The Bertz CT molecular complexity index is 920. The zero-order valence-electron chi connectivity index (χ0n) is 16.2. The Morgan fingerprint density at radius 1 is 1.19 bits per heavy atom. The van der Waals surface area contributed by atoms with Crippen LogP contribution in [0.15, 0.2) is 29.1 Å². The van der Waals surface area contributed by atoms with Gasteiger partial charge in [0.25, 0.3) is 0 Å². The molecule has 3 rings (SSSR count). The molecule has 6 nitrogen and oxygen atoms in total. The van der Waals surface area contributed by atoms with Crippen LogP contribution in [0, 0.1) is 12.8 Å². The Hall–Kier alpha value is -2.50. The second-order valence-corrected chi connectivity index (χ2v) is 7.17. The molecule has 2 heterocycles. The number of carbonyl (C=O) groups excluding carboxylic acids is 1. The zero-order chi connectivity index (χ0) is 19.0. The molecule has 0 saturated heterocycles. The number of rotatable bonds is 4. The third-order valence-electron chi connectivity index (χ3n) is 5.18. The number of nitrogens with one attached hydrogen (secondary N) is 1. The van der Waals surface area contributed by atoms with Crippen LogP contribution in [0.4, 0.5) is 10.5 Å². The van der Waals surface area contributed by atoms with Gasteiger partial charge in [-0.1, -0.05) is 26.0 Å². The Morgan fingerprint density at radius 3 is 2.38 bits per heavy atom. The van der Waals surface area contributed by atoms with Crippen LogP contribution in [0.5, 0.6) is 0 Å². The lowest BCUT2D eigenvalue weighted by atomic mass is 10.1. The summed E-state index contributed by atoms with van der Waals surface area (Å²) in [6.07, 6.45) is 4.13. The molecular weight excluding hydrogens is 328 g/mol. The predicted octanol–water partition coefficient (Wildman–Crippen LogP) is 3.58. The van der Waals surface area contributed by atoms with Crippen LogP contribution >= 0.6 is 0 Å². The van der Waals surface area contributed by atoms with Crippen LogP contribution in [0.1, 0.15) is 33.3 Å². The van der Waals surface area contributed by atoms with Gasteiger partial charge in [0.15, 0.2) is 0 Å². The highest BCUT2D eigenvalue weighted by Crippen LogP contribution is 2.25. The van der Waals surface area contributed by atoms with Crippen molar-refractivity contribution in [1.82, 2.24) is 14.0 Å². The van der Waals surface area contributed by atoms with Crippen molar-refractivity contribution in [3.8, 4) is 0 Å². The van der Waals surface area contributed by atoms with Crippen LogP contribution in [0.2, 0.25) is 0 Å². The number of urea groups is 1. The number of nitrogens with zero attached hydrogens (tertiary/aromatic N) is 3. The number of benzene rings is 1. The molecule has 1 aromatic carbocycles. The molecule has 0 radical (unpaired) electrons. The highest BCUT2D eigenvalue weighted by Gasteiger charge is 2.27. The maximum atomic E-state index is 12.8. The molecule has 6 heteroatoms. The van der Waals surface area contributed by atoms with Crippen molar-refractivity contribution in [1.29, 1.82) is 0 Å². The van der Waals surface area contributed by atoms with Crippen LogP contribution in [0.25, 0.3) is 11.0 Å². The monoisotopic (exact) mass is 356 g/mol. The fourth-order valence-electron chi connectivity index (χ4n) is 3.74. The van der Waals surface area contributed by atoms with E-state index in [1.807, 2.05) is 43.9 Å². The van der Waals surface area contributed by atoms with Crippen LogP contribution in [-0.4, -0.2) is 32.7 Å². The Labute approximate surface area is 154 Å². The van der Waals surface area contributed by atoms with E-state index < -0.39 is 0 Å². The molecule has 1 unspecified atom stereocenters. The zero-order valence-corrected chi connectivity index (χ0v) is 16.2. The number of hydrogen-bond donors (Lipinski definition) is 1. The highest BCUT2D eigenvalue weighted by atomic mass is 16.2. The molecule has 140 valence electrons. The molecule has 1 aliphatic rings. The minimum atomic E-state index is -0.100. The van der Waals surface area contributed by atoms with Gasteiger partial charge in [-0.3, -0.25) is 9.13 Å². The van der Waals surface area contributed by atoms with Gasteiger partial charge < -0.3 is 10.2 Å². The van der Waals surface area contributed by atoms with Crippen molar-refractivity contribution >= 4 is 22.8 Å². The second-order valence-electron chi connectivity index (χ2n) is 7.17. The summed E-state index contributed by atoms with van der Waals surface area (Å²) in [6, 6.07) is 3.93. The highest BCUT2D eigenvalue weighted by molar-refractivity contribution is 5.94. The molecule has 1 aromatic heterocycles. The van der Waals surface area contributed by atoms with E-state index in [1.54, 1.807) is 9.13 Å². The van der Waals surface area contributed by atoms with E-state index >= 15 is 0 Å². The van der Waals surface area contributed by atoms with Gasteiger partial charge in [-0.25, -0.2) is 9.59 Å². The number of amides is 2. The van der Waals surface area contributed by atoms with Gasteiger partial charge in [0.05, 0.1) is 17.1 Å². The van der Waals surface area contributed by atoms with E-state index in [0.29, 0.717) is 25.6 Å². The first-order valence-electron chi connectivity index (χ1n) is 9.37. The fourth-order valence-corrected chi connectivity index (χ4v) is 3.74. The quantitative estimate of drug-likeness (QED) is 0.851. The van der Waals surface area contributed by atoms with Crippen molar-refractivity contribution in [2.75, 3.05) is 11.9 Å². The summed E-state index contributed by atoms with van der Waals surface area (Å²) in [5, 5.41) is 3.05. The second kappa shape index (κ2) is 7.02. The standard InChI is InChI=1S/C20H28N4O2/c1-6-22-17-11-14(5)15(12-18(17)23(7-2)20(22)26)21-19(25)24-10-8-9-16(24)13(3)4/h8-9,11-13,16H,6-7,10H2,1-5H3,(H,21,25). The molecule has 0 spiro atoms. The van der Waals surface area contributed by atoms with Gasteiger partial charge in [-0.05, 0) is 44.4 Å². The maximum absolute atomic E-state index is 12.8. The lowest BCUT2D eigenvalue weighted by Gasteiger charge is -2.28. The lowest BCUT2D eigenvalue weighted by Crippen LogP contribution is -2.41. The third-order valence-corrected chi connectivity index (χ3v) is 5.18. The van der Waals surface area contributed by atoms with Crippen molar-refractivity contribution < 1.29 is 4.79 Å². The average Bonchev–Trinajstić information content (AvgIpc) is 3.17. The van der Waals surface area contributed by atoms with E-state index in [9.17, 15) is 9.59 Å². The molecule has 0 aliphatic carbocycles. The van der Waals surface area contributed by atoms with Crippen LogP contribution < -0.4 is 11.0 Å². The predicted molar refractivity (Wildman–Crippen MR) is 106 cm³/mol. The first-order valence-corrected chi connectivity index (χ1v) is 9.37. The summed E-state index contributed by atoms with van der Waals surface area (Å²) < 4.78 is 3.53. The summed E-state index contributed by atoms with van der Waals surface area (Å²) >= 11 is 0. The summed E-state index contributed by atoms with van der Waals surface area (Å²) in [5.74, 6) is 0.368. The molecule has 2 amide bonds. The molecule has 2 aromatic rings. The lowest BCUT2D eigenvalue weighted by molar-refractivity contribution is 0.199. The smallest absolute Gasteiger partial charge is 0.314 e. The van der Waals surface area contributed by atoms with E-state index in [4.69, 9.17) is 0 Å². The SMILES string of the molecule is CCn1c(=O)n(CC)c2cc(NC(=O)N3CC=CC3C(C)C)c(C)cc21. The summed E-state index contributed by atoms with van der Waals surface area (Å²) in [7, 11) is 0.